The van der Waals surface area contributed by atoms with Crippen molar-refractivity contribution in [3.05, 3.63) is 71.5 Å². The molecule has 0 unspecified atom stereocenters. The van der Waals surface area contributed by atoms with Crippen LogP contribution in [-0.2, 0) is 10.0 Å². The molecule has 1 amide bonds. The summed E-state index contributed by atoms with van der Waals surface area (Å²) in [5.74, 6) is -0.371. The van der Waals surface area contributed by atoms with Crippen LogP contribution in [0.4, 0.5) is 5.69 Å². The highest BCUT2D eigenvalue weighted by atomic mass is 32.2. The molecule has 2 aromatic carbocycles. The summed E-state index contributed by atoms with van der Waals surface area (Å²) in [6, 6.07) is 15.6. The fourth-order valence-electron chi connectivity index (χ4n) is 3.88. The third-order valence-corrected chi connectivity index (χ3v) is 7.33. The van der Waals surface area contributed by atoms with E-state index in [4.69, 9.17) is 0 Å². The van der Waals surface area contributed by atoms with Gasteiger partial charge in [-0.1, -0.05) is 24.6 Å². The molecule has 0 radical (unpaired) electrons. The maximum Gasteiger partial charge on any atom is 0.255 e. The van der Waals surface area contributed by atoms with Gasteiger partial charge >= 0.3 is 0 Å². The molecule has 4 rings (SSSR count). The smallest absolute Gasteiger partial charge is 0.255 e. The van der Waals surface area contributed by atoms with Crippen LogP contribution >= 0.6 is 0 Å². The van der Waals surface area contributed by atoms with Gasteiger partial charge < -0.3 is 5.32 Å². The molecule has 0 saturated carbocycles. The number of piperidine rings is 1. The van der Waals surface area contributed by atoms with Crippen molar-refractivity contribution in [2.75, 3.05) is 18.4 Å². The first kappa shape index (κ1) is 21.3. The van der Waals surface area contributed by atoms with E-state index in [-0.39, 0.29) is 10.8 Å². The number of hydrogen-bond acceptors (Lipinski definition) is 4. The van der Waals surface area contributed by atoms with E-state index in [1.165, 1.54) is 10.4 Å². The molecule has 8 heteroatoms. The minimum absolute atomic E-state index is 0.147. The molecule has 0 aliphatic carbocycles. The highest BCUT2D eigenvalue weighted by Gasteiger charge is 2.26. The number of anilines is 1. The molecule has 1 aliphatic rings. The zero-order valence-electron chi connectivity index (χ0n) is 17.7. The van der Waals surface area contributed by atoms with Gasteiger partial charge in [0.1, 0.15) is 0 Å². The molecule has 1 aromatic heterocycles. The lowest BCUT2D eigenvalue weighted by Gasteiger charge is -2.26. The fraction of sp³-hybridized carbons (Fsp3) is 0.304. The summed E-state index contributed by atoms with van der Waals surface area (Å²) in [5.41, 5.74) is 3.48. The standard InChI is InChI=1S/C23H26N4O3S/c1-17-15-18(2)27(25-17)22-12-5-4-11-21(22)24-23(28)19-9-8-10-20(16-19)31(29,30)26-13-6-3-7-14-26/h4-5,8-12,15-16H,3,6-7,13-14H2,1-2H3,(H,24,28). The van der Waals surface area contributed by atoms with Gasteiger partial charge in [0.25, 0.3) is 5.91 Å². The Bertz CT molecular complexity index is 1210. The van der Waals surface area contributed by atoms with Gasteiger partial charge in [-0.3, -0.25) is 4.79 Å². The lowest BCUT2D eigenvalue weighted by atomic mass is 10.2. The van der Waals surface area contributed by atoms with Crippen LogP contribution in [0.3, 0.4) is 0 Å². The summed E-state index contributed by atoms with van der Waals surface area (Å²) in [6.07, 6.45) is 2.77. The second-order valence-electron chi connectivity index (χ2n) is 7.80. The van der Waals surface area contributed by atoms with Crippen LogP contribution < -0.4 is 5.32 Å². The number of rotatable bonds is 5. The summed E-state index contributed by atoms with van der Waals surface area (Å²) in [7, 11) is -3.61. The molecule has 0 atom stereocenters. The van der Waals surface area contributed by atoms with E-state index in [2.05, 4.69) is 10.4 Å². The highest BCUT2D eigenvalue weighted by molar-refractivity contribution is 7.89. The van der Waals surface area contributed by atoms with Crippen molar-refractivity contribution < 1.29 is 13.2 Å². The summed E-state index contributed by atoms with van der Waals surface area (Å²) in [6.45, 7) is 4.91. The third-order valence-electron chi connectivity index (χ3n) is 5.44. The Labute approximate surface area is 182 Å². The van der Waals surface area contributed by atoms with Crippen molar-refractivity contribution in [3.8, 4) is 5.69 Å². The number of nitrogens with zero attached hydrogens (tertiary/aromatic N) is 3. The van der Waals surface area contributed by atoms with Gasteiger partial charge in [-0.15, -0.1) is 0 Å². The third kappa shape index (κ3) is 4.40. The van der Waals surface area contributed by atoms with Gasteiger partial charge in [0, 0.05) is 24.3 Å². The van der Waals surface area contributed by atoms with Crippen molar-refractivity contribution in [1.29, 1.82) is 0 Å². The van der Waals surface area contributed by atoms with Crippen LogP contribution in [0.25, 0.3) is 5.69 Å². The SMILES string of the molecule is Cc1cc(C)n(-c2ccccc2NC(=O)c2cccc(S(=O)(=O)N3CCCCC3)c2)n1. The maximum atomic E-state index is 13.0. The van der Waals surface area contributed by atoms with Crippen molar-refractivity contribution in [1.82, 2.24) is 14.1 Å². The highest BCUT2D eigenvalue weighted by Crippen LogP contribution is 2.24. The maximum absolute atomic E-state index is 13.0. The predicted molar refractivity (Wildman–Crippen MR) is 120 cm³/mol. The Kier molecular flexibility index (Phi) is 5.93. The van der Waals surface area contributed by atoms with E-state index in [1.807, 2.05) is 38.1 Å². The van der Waals surface area contributed by atoms with Crippen LogP contribution in [0.5, 0.6) is 0 Å². The van der Waals surface area contributed by atoms with Crippen LogP contribution in [0.1, 0.15) is 41.0 Å². The molecule has 162 valence electrons. The molecular weight excluding hydrogens is 412 g/mol. The van der Waals surface area contributed by atoms with E-state index < -0.39 is 10.0 Å². The lowest BCUT2D eigenvalue weighted by molar-refractivity contribution is 0.102. The minimum Gasteiger partial charge on any atom is -0.320 e. The Morgan fingerprint density at radius 1 is 0.968 bits per heavy atom. The molecule has 1 fully saturated rings. The van der Waals surface area contributed by atoms with E-state index in [1.54, 1.807) is 28.9 Å². The number of benzene rings is 2. The minimum atomic E-state index is -3.61. The van der Waals surface area contributed by atoms with Crippen LogP contribution in [-0.4, -0.2) is 41.5 Å². The van der Waals surface area contributed by atoms with Crippen LogP contribution in [0.2, 0.25) is 0 Å². The van der Waals surface area contributed by atoms with E-state index in [0.29, 0.717) is 24.3 Å². The van der Waals surface area contributed by atoms with Crippen LogP contribution in [0, 0.1) is 13.8 Å². The number of carbonyl (C=O) groups is 1. The van der Waals surface area contributed by atoms with Crippen molar-refractivity contribution in [2.24, 2.45) is 0 Å². The number of nitrogens with one attached hydrogen (secondary N) is 1. The first-order valence-corrected chi connectivity index (χ1v) is 11.8. The number of sulfonamides is 1. The number of amides is 1. The molecular formula is C23H26N4O3S. The summed E-state index contributed by atoms with van der Waals surface area (Å²) in [4.78, 5) is 13.1. The lowest BCUT2D eigenvalue weighted by Crippen LogP contribution is -2.35. The summed E-state index contributed by atoms with van der Waals surface area (Å²) < 4.78 is 29.2. The Morgan fingerprint density at radius 2 is 1.71 bits per heavy atom. The normalized spacial score (nSPS) is 15.0. The quantitative estimate of drug-likeness (QED) is 0.654. The van der Waals surface area contributed by atoms with Crippen molar-refractivity contribution >= 4 is 21.6 Å². The van der Waals surface area contributed by atoms with Gasteiger partial charge in [-0.2, -0.15) is 9.40 Å². The van der Waals surface area contributed by atoms with Gasteiger partial charge in [-0.25, -0.2) is 13.1 Å². The van der Waals surface area contributed by atoms with Gasteiger partial charge in [-0.05, 0) is 63.1 Å². The second kappa shape index (κ2) is 8.64. The number of hydrogen-bond donors (Lipinski definition) is 1. The summed E-state index contributed by atoms with van der Waals surface area (Å²) in [5, 5.41) is 7.41. The first-order valence-electron chi connectivity index (χ1n) is 10.4. The molecule has 1 saturated heterocycles. The average molecular weight is 439 g/mol. The van der Waals surface area contributed by atoms with Crippen molar-refractivity contribution in [2.45, 2.75) is 38.0 Å². The molecule has 7 nitrogen and oxygen atoms in total. The van der Waals surface area contributed by atoms with E-state index in [0.717, 1.165) is 36.3 Å². The largest absolute Gasteiger partial charge is 0.320 e. The predicted octanol–water partition coefficient (Wildman–Crippen LogP) is 3.92. The topological polar surface area (TPSA) is 84.3 Å². The van der Waals surface area contributed by atoms with Gasteiger partial charge in [0.2, 0.25) is 10.0 Å². The average Bonchev–Trinajstić information content (AvgIpc) is 3.12. The van der Waals surface area contributed by atoms with Gasteiger partial charge in [0.15, 0.2) is 0 Å². The number of para-hydroxylation sites is 2. The van der Waals surface area contributed by atoms with Crippen LogP contribution in [0.15, 0.2) is 59.5 Å². The first-order chi connectivity index (χ1) is 14.9. The van der Waals surface area contributed by atoms with Crippen molar-refractivity contribution in [3.63, 3.8) is 0 Å². The number of aryl methyl sites for hydroxylation is 2. The van der Waals surface area contributed by atoms with E-state index in [9.17, 15) is 13.2 Å². The van der Waals surface area contributed by atoms with E-state index >= 15 is 0 Å². The molecule has 0 bridgehead atoms. The second-order valence-corrected chi connectivity index (χ2v) is 9.74. The summed E-state index contributed by atoms with van der Waals surface area (Å²) >= 11 is 0. The zero-order valence-corrected chi connectivity index (χ0v) is 18.5. The molecule has 31 heavy (non-hydrogen) atoms. The Morgan fingerprint density at radius 3 is 2.42 bits per heavy atom. The monoisotopic (exact) mass is 438 g/mol. The number of aromatic nitrogens is 2. The van der Waals surface area contributed by atoms with Gasteiger partial charge in [0.05, 0.1) is 22.0 Å². The zero-order chi connectivity index (χ0) is 22.0. The Hall–Kier alpha value is -2.97. The molecule has 2 heterocycles. The fourth-order valence-corrected chi connectivity index (χ4v) is 5.45. The molecule has 1 aliphatic heterocycles. The molecule has 1 N–H and O–H groups in total. The number of carbonyl (C=O) groups excluding carboxylic acids is 1. The molecule has 0 spiro atoms. The molecule has 3 aromatic rings. The Balaban J connectivity index is 1.61.